The molecule has 29 heavy (non-hydrogen) atoms. The van der Waals surface area contributed by atoms with Gasteiger partial charge in [-0.2, -0.15) is 0 Å². The summed E-state index contributed by atoms with van der Waals surface area (Å²) in [5.41, 5.74) is 0.627. The van der Waals surface area contributed by atoms with Gasteiger partial charge in [0, 0.05) is 12.6 Å². The molecule has 1 fully saturated rings. The van der Waals surface area contributed by atoms with Crippen LogP contribution in [0.3, 0.4) is 0 Å². The minimum Gasteiger partial charge on any atom is -0.497 e. The van der Waals surface area contributed by atoms with E-state index in [1.165, 1.54) is 23.5 Å². The topological polar surface area (TPSA) is 102 Å². The van der Waals surface area contributed by atoms with Crippen LogP contribution in [0.25, 0.3) is 0 Å². The van der Waals surface area contributed by atoms with Crippen LogP contribution in [-0.2, 0) is 20.0 Å². The maximum Gasteiger partial charge on any atom is 0.265 e. The molecule has 0 aromatic heterocycles. The van der Waals surface area contributed by atoms with E-state index in [0.29, 0.717) is 30.1 Å². The predicted octanol–water partition coefficient (Wildman–Crippen LogP) is 2.82. The van der Waals surface area contributed by atoms with E-state index in [0.717, 1.165) is 6.42 Å². The average molecular weight is 441 g/mol. The maximum atomic E-state index is 13.1. The molecule has 0 bridgehead atoms. The van der Waals surface area contributed by atoms with Crippen molar-refractivity contribution in [3.05, 3.63) is 42.5 Å². The van der Waals surface area contributed by atoms with Crippen LogP contribution >= 0.6 is 0 Å². The molecule has 0 aliphatic carbocycles. The molecule has 0 radical (unpaired) electrons. The van der Waals surface area contributed by atoms with E-state index >= 15 is 0 Å². The lowest BCUT2D eigenvalue weighted by atomic mass is 10.2. The van der Waals surface area contributed by atoms with E-state index in [1.54, 1.807) is 37.3 Å². The van der Waals surface area contributed by atoms with Crippen molar-refractivity contribution in [2.45, 2.75) is 24.7 Å². The highest BCUT2D eigenvalue weighted by Crippen LogP contribution is 2.33. The van der Waals surface area contributed by atoms with E-state index in [9.17, 15) is 16.8 Å². The van der Waals surface area contributed by atoms with Crippen LogP contribution in [0.15, 0.2) is 47.4 Å². The zero-order chi connectivity index (χ0) is 21.1. The van der Waals surface area contributed by atoms with Gasteiger partial charge in [0.05, 0.1) is 30.8 Å². The molecule has 158 valence electrons. The summed E-state index contributed by atoms with van der Waals surface area (Å²) in [5.74, 6) is 0.703. The first-order valence-electron chi connectivity index (χ1n) is 9.21. The first-order valence-corrected chi connectivity index (χ1v) is 12.3. The van der Waals surface area contributed by atoms with Gasteiger partial charge in [-0.05, 0) is 50.1 Å². The Balaban J connectivity index is 2.03. The monoisotopic (exact) mass is 440 g/mol. The molecule has 1 saturated heterocycles. The Morgan fingerprint density at radius 3 is 2.62 bits per heavy atom. The molecular formula is C19H24N2O6S2. The lowest BCUT2D eigenvalue weighted by molar-refractivity contribution is 0.331. The summed E-state index contributed by atoms with van der Waals surface area (Å²) in [6.07, 6.45) is 1.31. The lowest BCUT2D eigenvalue weighted by Gasteiger charge is -2.28. The number of sulfonamides is 2. The Morgan fingerprint density at radius 1 is 1.14 bits per heavy atom. The third-order valence-corrected chi connectivity index (χ3v) is 7.75. The third kappa shape index (κ3) is 4.76. The summed E-state index contributed by atoms with van der Waals surface area (Å²) in [7, 11) is -6.02. The van der Waals surface area contributed by atoms with Crippen molar-refractivity contribution in [1.29, 1.82) is 0 Å². The van der Waals surface area contributed by atoms with Crippen molar-refractivity contribution < 1.29 is 26.3 Å². The van der Waals surface area contributed by atoms with Gasteiger partial charge in [-0.15, -0.1) is 0 Å². The molecule has 1 N–H and O–H groups in total. The second-order valence-electron chi connectivity index (χ2n) is 6.50. The zero-order valence-corrected chi connectivity index (χ0v) is 17.9. The Kier molecular flexibility index (Phi) is 6.23. The average Bonchev–Trinajstić information content (AvgIpc) is 2.68. The normalized spacial score (nSPS) is 16.3. The fraction of sp³-hybridized carbons (Fsp3) is 0.368. The summed E-state index contributed by atoms with van der Waals surface area (Å²) in [6, 6.07) is 10.9. The van der Waals surface area contributed by atoms with E-state index in [1.807, 2.05) is 0 Å². The molecular weight excluding hydrogens is 416 g/mol. The number of nitrogens with one attached hydrogen (secondary N) is 1. The largest absolute Gasteiger partial charge is 0.497 e. The molecule has 1 aliphatic rings. The summed E-state index contributed by atoms with van der Waals surface area (Å²) < 4.78 is 65.4. The van der Waals surface area contributed by atoms with Gasteiger partial charge in [0.2, 0.25) is 10.0 Å². The van der Waals surface area contributed by atoms with Crippen molar-refractivity contribution in [3.63, 3.8) is 0 Å². The van der Waals surface area contributed by atoms with E-state index in [-0.39, 0.29) is 23.0 Å². The van der Waals surface area contributed by atoms with Crippen molar-refractivity contribution in [3.8, 4) is 11.5 Å². The van der Waals surface area contributed by atoms with Gasteiger partial charge in [0.15, 0.2) is 0 Å². The molecule has 1 heterocycles. The molecule has 0 saturated carbocycles. The molecule has 2 aromatic carbocycles. The van der Waals surface area contributed by atoms with Gasteiger partial charge >= 0.3 is 0 Å². The number of nitrogens with zero attached hydrogens (tertiary/aromatic N) is 1. The van der Waals surface area contributed by atoms with Crippen molar-refractivity contribution in [2.24, 2.45) is 0 Å². The number of anilines is 2. The lowest BCUT2D eigenvalue weighted by Crippen LogP contribution is -2.37. The Bertz CT molecular complexity index is 1080. The molecule has 0 amide bonds. The summed E-state index contributed by atoms with van der Waals surface area (Å²) in [6.45, 7) is 2.33. The molecule has 1 aliphatic heterocycles. The van der Waals surface area contributed by atoms with Gasteiger partial charge in [0.25, 0.3) is 10.0 Å². The minimum absolute atomic E-state index is 0.0460. The summed E-state index contributed by atoms with van der Waals surface area (Å²) in [4.78, 5) is -0.125. The number of hydrogen-bond donors (Lipinski definition) is 1. The van der Waals surface area contributed by atoms with Crippen LogP contribution in [-0.4, -0.2) is 42.8 Å². The quantitative estimate of drug-likeness (QED) is 0.710. The Hall–Kier alpha value is -2.46. The fourth-order valence-electron chi connectivity index (χ4n) is 3.11. The number of hydrogen-bond acceptors (Lipinski definition) is 6. The van der Waals surface area contributed by atoms with Gasteiger partial charge < -0.3 is 9.47 Å². The fourth-order valence-corrected chi connectivity index (χ4v) is 5.96. The van der Waals surface area contributed by atoms with Crippen molar-refractivity contribution in [2.75, 3.05) is 35.0 Å². The highest BCUT2D eigenvalue weighted by Gasteiger charge is 2.29. The van der Waals surface area contributed by atoms with Gasteiger partial charge in [-0.1, -0.05) is 6.07 Å². The predicted molar refractivity (Wildman–Crippen MR) is 112 cm³/mol. The number of rotatable bonds is 7. The zero-order valence-electron chi connectivity index (χ0n) is 16.3. The SMILES string of the molecule is CCOc1ccc(N2CCCCS2(=O)=O)cc1S(=O)(=O)Nc1cccc(OC)c1. The van der Waals surface area contributed by atoms with E-state index in [4.69, 9.17) is 9.47 Å². The minimum atomic E-state index is -4.04. The highest BCUT2D eigenvalue weighted by atomic mass is 32.2. The second-order valence-corrected chi connectivity index (χ2v) is 10.2. The summed E-state index contributed by atoms with van der Waals surface area (Å²) >= 11 is 0. The smallest absolute Gasteiger partial charge is 0.265 e. The van der Waals surface area contributed by atoms with E-state index < -0.39 is 20.0 Å². The van der Waals surface area contributed by atoms with Gasteiger partial charge in [-0.25, -0.2) is 16.8 Å². The Morgan fingerprint density at radius 2 is 1.93 bits per heavy atom. The van der Waals surface area contributed by atoms with Crippen LogP contribution in [0.5, 0.6) is 11.5 Å². The van der Waals surface area contributed by atoms with Crippen LogP contribution in [0, 0.1) is 0 Å². The van der Waals surface area contributed by atoms with Crippen LogP contribution in [0.1, 0.15) is 19.8 Å². The first kappa shape index (κ1) is 21.3. The molecule has 3 rings (SSSR count). The van der Waals surface area contributed by atoms with Gasteiger partial charge in [0.1, 0.15) is 16.4 Å². The molecule has 8 nitrogen and oxygen atoms in total. The molecule has 0 atom stereocenters. The molecule has 10 heteroatoms. The Labute approximate surface area is 171 Å². The van der Waals surface area contributed by atoms with Crippen LogP contribution < -0.4 is 18.5 Å². The molecule has 0 unspecified atom stereocenters. The highest BCUT2D eigenvalue weighted by molar-refractivity contribution is 7.93. The van der Waals surface area contributed by atoms with Crippen molar-refractivity contribution >= 4 is 31.4 Å². The number of ether oxygens (including phenoxy) is 2. The number of methoxy groups -OCH3 is 1. The van der Waals surface area contributed by atoms with E-state index in [2.05, 4.69) is 4.72 Å². The second kappa shape index (κ2) is 8.50. The standard InChI is InChI=1S/C19H24N2O6S2/c1-3-27-18-10-9-16(21-11-4-5-12-28(21,22)23)14-19(18)29(24,25)20-15-7-6-8-17(13-15)26-2/h6-10,13-14,20H,3-5,11-12H2,1-2H3. The molecule has 0 spiro atoms. The summed E-state index contributed by atoms with van der Waals surface area (Å²) in [5, 5.41) is 0. The third-order valence-electron chi connectivity index (χ3n) is 4.48. The number of benzene rings is 2. The van der Waals surface area contributed by atoms with Crippen LogP contribution in [0.2, 0.25) is 0 Å². The maximum absolute atomic E-state index is 13.1. The van der Waals surface area contributed by atoms with Gasteiger partial charge in [-0.3, -0.25) is 9.03 Å². The first-order chi connectivity index (χ1) is 13.8. The van der Waals surface area contributed by atoms with Crippen molar-refractivity contribution in [1.82, 2.24) is 0 Å². The molecule has 2 aromatic rings. The van der Waals surface area contributed by atoms with Crippen LogP contribution in [0.4, 0.5) is 11.4 Å².